The molecule has 1 aromatic carbocycles. The van der Waals surface area contributed by atoms with E-state index in [2.05, 4.69) is 28.2 Å². The Morgan fingerprint density at radius 3 is 2.79 bits per heavy atom. The summed E-state index contributed by atoms with van der Waals surface area (Å²) in [6.45, 7) is 4.98. The standard InChI is InChI=1S/C14H22BrNO3/c1-3-6-19-13-5-4-12(15)7-11(13)8-16-9-14(2,18)10-17/h4-5,7,16-18H,3,6,8-10H2,1-2H3. The van der Waals surface area contributed by atoms with E-state index in [-0.39, 0.29) is 6.61 Å². The molecule has 0 aliphatic carbocycles. The highest BCUT2D eigenvalue weighted by Gasteiger charge is 2.18. The molecule has 3 N–H and O–H groups in total. The second-order valence-corrected chi connectivity index (χ2v) is 5.77. The third-order valence-corrected chi connectivity index (χ3v) is 3.14. The molecule has 0 spiro atoms. The Morgan fingerprint density at radius 1 is 1.42 bits per heavy atom. The second-order valence-electron chi connectivity index (χ2n) is 4.86. The molecule has 4 nitrogen and oxygen atoms in total. The van der Waals surface area contributed by atoms with Crippen LogP contribution in [0.25, 0.3) is 0 Å². The second kappa shape index (κ2) is 7.85. The van der Waals surface area contributed by atoms with Crippen molar-refractivity contribution in [1.82, 2.24) is 5.32 Å². The van der Waals surface area contributed by atoms with Crippen molar-refractivity contribution in [3.63, 3.8) is 0 Å². The van der Waals surface area contributed by atoms with Gasteiger partial charge in [0.05, 0.1) is 18.8 Å². The van der Waals surface area contributed by atoms with Crippen LogP contribution in [0.1, 0.15) is 25.8 Å². The quantitative estimate of drug-likeness (QED) is 0.682. The van der Waals surface area contributed by atoms with Crippen molar-refractivity contribution < 1.29 is 14.9 Å². The topological polar surface area (TPSA) is 61.7 Å². The number of ether oxygens (including phenoxy) is 1. The fourth-order valence-electron chi connectivity index (χ4n) is 1.56. The SMILES string of the molecule is CCCOc1ccc(Br)cc1CNCC(C)(O)CO. The Hall–Kier alpha value is -0.620. The van der Waals surface area contributed by atoms with E-state index < -0.39 is 5.60 Å². The molecular formula is C14H22BrNO3. The number of aliphatic hydroxyl groups is 2. The van der Waals surface area contributed by atoms with Gasteiger partial charge in [0.15, 0.2) is 0 Å². The number of aliphatic hydroxyl groups excluding tert-OH is 1. The highest BCUT2D eigenvalue weighted by molar-refractivity contribution is 9.10. The van der Waals surface area contributed by atoms with Crippen LogP contribution >= 0.6 is 15.9 Å². The Balaban J connectivity index is 2.62. The molecule has 0 amide bonds. The molecule has 0 saturated carbocycles. The number of hydrogen-bond acceptors (Lipinski definition) is 4. The van der Waals surface area contributed by atoms with Gasteiger partial charge in [0.1, 0.15) is 5.75 Å². The smallest absolute Gasteiger partial charge is 0.123 e. The minimum Gasteiger partial charge on any atom is -0.493 e. The summed E-state index contributed by atoms with van der Waals surface area (Å²) in [5, 5.41) is 21.8. The van der Waals surface area contributed by atoms with E-state index >= 15 is 0 Å². The van der Waals surface area contributed by atoms with Crippen molar-refractivity contribution in [1.29, 1.82) is 0 Å². The lowest BCUT2D eigenvalue weighted by Crippen LogP contribution is -2.40. The number of rotatable bonds is 8. The molecule has 0 radical (unpaired) electrons. The molecule has 1 aromatic rings. The number of benzene rings is 1. The normalized spacial score (nSPS) is 14.2. The van der Waals surface area contributed by atoms with Crippen molar-refractivity contribution in [3.8, 4) is 5.75 Å². The van der Waals surface area contributed by atoms with Crippen molar-refractivity contribution in [2.75, 3.05) is 19.8 Å². The lowest BCUT2D eigenvalue weighted by Gasteiger charge is -2.21. The molecule has 1 unspecified atom stereocenters. The van der Waals surface area contributed by atoms with Crippen LogP contribution in [0.3, 0.4) is 0 Å². The first-order valence-corrected chi connectivity index (χ1v) is 7.23. The third kappa shape index (κ3) is 5.91. The molecule has 0 aliphatic heterocycles. The maximum atomic E-state index is 9.71. The van der Waals surface area contributed by atoms with Crippen LogP contribution in [0.15, 0.2) is 22.7 Å². The first-order valence-electron chi connectivity index (χ1n) is 6.43. The monoisotopic (exact) mass is 331 g/mol. The summed E-state index contributed by atoms with van der Waals surface area (Å²) in [6.07, 6.45) is 0.960. The summed E-state index contributed by atoms with van der Waals surface area (Å²) in [6, 6.07) is 5.87. The average molecular weight is 332 g/mol. The largest absolute Gasteiger partial charge is 0.493 e. The Labute approximate surface area is 122 Å². The van der Waals surface area contributed by atoms with Crippen LogP contribution in [0, 0.1) is 0 Å². The van der Waals surface area contributed by atoms with Crippen LogP contribution in [0.2, 0.25) is 0 Å². The fourth-order valence-corrected chi connectivity index (χ4v) is 1.97. The molecule has 0 heterocycles. The van der Waals surface area contributed by atoms with Crippen molar-refractivity contribution in [2.24, 2.45) is 0 Å². The van der Waals surface area contributed by atoms with E-state index in [4.69, 9.17) is 9.84 Å². The predicted molar refractivity (Wildman–Crippen MR) is 79.3 cm³/mol. The minimum atomic E-state index is -1.10. The van der Waals surface area contributed by atoms with Gasteiger partial charge in [0.2, 0.25) is 0 Å². The molecule has 108 valence electrons. The van der Waals surface area contributed by atoms with Crippen LogP contribution in [0.5, 0.6) is 5.75 Å². The van der Waals surface area contributed by atoms with Gasteiger partial charge in [-0.1, -0.05) is 22.9 Å². The molecule has 19 heavy (non-hydrogen) atoms. The number of halogens is 1. The summed E-state index contributed by atoms with van der Waals surface area (Å²) >= 11 is 3.44. The zero-order chi connectivity index (χ0) is 14.3. The third-order valence-electron chi connectivity index (χ3n) is 2.65. The van der Waals surface area contributed by atoms with Gasteiger partial charge in [0.25, 0.3) is 0 Å². The molecule has 0 saturated heterocycles. The minimum absolute atomic E-state index is 0.266. The Kier molecular flexibility index (Phi) is 6.79. The fraction of sp³-hybridized carbons (Fsp3) is 0.571. The van der Waals surface area contributed by atoms with Crippen molar-refractivity contribution >= 4 is 15.9 Å². The Morgan fingerprint density at radius 2 is 2.16 bits per heavy atom. The molecule has 5 heteroatoms. The summed E-state index contributed by atoms with van der Waals surface area (Å²) in [5.74, 6) is 0.848. The van der Waals surface area contributed by atoms with Gasteiger partial charge in [0, 0.05) is 23.1 Å². The van der Waals surface area contributed by atoms with Gasteiger partial charge in [-0.3, -0.25) is 0 Å². The summed E-state index contributed by atoms with van der Waals surface area (Å²) in [4.78, 5) is 0. The van der Waals surface area contributed by atoms with Gasteiger partial charge in [-0.2, -0.15) is 0 Å². The lowest BCUT2D eigenvalue weighted by molar-refractivity contribution is 0.00250. The van der Waals surface area contributed by atoms with Crippen molar-refractivity contribution in [3.05, 3.63) is 28.2 Å². The first-order chi connectivity index (χ1) is 8.98. The summed E-state index contributed by atoms with van der Waals surface area (Å²) in [5.41, 5.74) is -0.0761. The van der Waals surface area contributed by atoms with Gasteiger partial charge in [-0.05, 0) is 31.5 Å². The van der Waals surface area contributed by atoms with Crippen LogP contribution in [0.4, 0.5) is 0 Å². The van der Waals surface area contributed by atoms with Gasteiger partial charge in [-0.15, -0.1) is 0 Å². The van der Waals surface area contributed by atoms with E-state index in [1.807, 2.05) is 18.2 Å². The van der Waals surface area contributed by atoms with Crippen LogP contribution < -0.4 is 10.1 Å². The maximum Gasteiger partial charge on any atom is 0.123 e. The van der Waals surface area contributed by atoms with Crippen molar-refractivity contribution in [2.45, 2.75) is 32.4 Å². The van der Waals surface area contributed by atoms with Crippen LogP contribution in [-0.2, 0) is 6.54 Å². The van der Waals surface area contributed by atoms with Gasteiger partial charge < -0.3 is 20.3 Å². The molecular weight excluding hydrogens is 310 g/mol. The summed E-state index contributed by atoms with van der Waals surface area (Å²) < 4.78 is 6.67. The number of hydrogen-bond donors (Lipinski definition) is 3. The lowest BCUT2D eigenvalue weighted by atomic mass is 10.1. The van der Waals surface area contributed by atoms with E-state index in [0.29, 0.717) is 19.7 Å². The van der Waals surface area contributed by atoms with E-state index in [0.717, 1.165) is 22.2 Å². The highest BCUT2D eigenvalue weighted by Crippen LogP contribution is 2.23. The molecule has 1 rings (SSSR count). The number of nitrogens with one attached hydrogen (secondary N) is 1. The molecule has 0 aliphatic rings. The predicted octanol–water partition coefficient (Wildman–Crippen LogP) is 2.07. The van der Waals surface area contributed by atoms with Crippen LogP contribution in [-0.4, -0.2) is 35.6 Å². The zero-order valence-electron chi connectivity index (χ0n) is 11.4. The molecule has 1 atom stereocenters. The van der Waals surface area contributed by atoms with E-state index in [1.54, 1.807) is 6.92 Å². The van der Waals surface area contributed by atoms with E-state index in [9.17, 15) is 5.11 Å². The Bertz CT molecular complexity index is 396. The average Bonchev–Trinajstić information content (AvgIpc) is 2.38. The molecule has 0 bridgehead atoms. The molecule has 0 fully saturated rings. The maximum absolute atomic E-state index is 9.71. The molecule has 0 aromatic heterocycles. The summed E-state index contributed by atoms with van der Waals surface area (Å²) in [7, 11) is 0. The van der Waals surface area contributed by atoms with E-state index in [1.165, 1.54) is 0 Å². The van der Waals surface area contributed by atoms with Gasteiger partial charge in [-0.25, -0.2) is 0 Å². The zero-order valence-corrected chi connectivity index (χ0v) is 13.0. The van der Waals surface area contributed by atoms with Gasteiger partial charge >= 0.3 is 0 Å². The highest BCUT2D eigenvalue weighted by atomic mass is 79.9. The first kappa shape index (κ1) is 16.4.